The molecule has 0 aromatic heterocycles. The Bertz CT molecular complexity index is 804. The maximum absolute atomic E-state index is 9.37. The molecule has 1 saturated heterocycles. The summed E-state index contributed by atoms with van der Waals surface area (Å²) in [7, 11) is 1.78. The van der Waals surface area contributed by atoms with Crippen molar-refractivity contribution >= 4 is 29.9 Å². The topological polar surface area (TPSA) is 65.9 Å². The molecule has 3 N–H and O–H groups in total. The number of aliphatic hydroxyl groups is 1. The van der Waals surface area contributed by atoms with Gasteiger partial charge < -0.3 is 20.5 Å². The number of aryl methyl sites for hydroxylation is 1. The number of ether oxygens (including phenoxy) is 1. The summed E-state index contributed by atoms with van der Waals surface area (Å²) in [6.45, 7) is 5.20. The van der Waals surface area contributed by atoms with E-state index < -0.39 is 0 Å². The van der Waals surface area contributed by atoms with Crippen LogP contribution in [0.5, 0.6) is 0 Å². The predicted molar refractivity (Wildman–Crippen MR) is 130 cm³/mol. The average molecular weight is 509 g/mol. The van der Waals surface area contributed by atoms with Crippen molar-refractivity contribution in [2.24, 2.45) is 10.4 Å². The van der Waals surface area contributed by atoms with E-state index in [1.54, 1.807) is 7.05 Å². The fraction of sp³-hybridized carbons (Fsp3) is 0.435. The first kappa shape index (κ1) is 23.6. The minimum atomic E-state index is -0.00252. The fourth-order valence-electron chi connectivity index (χ4n) is 3.67. The molecular formula is C23H32IN3O2. The number of aliphatic hydroxyl groups excluding tert-OH is 1. The lowest BCUT2D eigenvalue weighted by Gasteiger charge is -2.27. The summed E-state index contributed by atoms with van der Waals surface area (Å²) in [5.41, 5.74) is 4.92. The zero-order valence-electron chi connectivity index (χ0n) is 17.3. The molecule has 158 valence electrons. The maximum Gasteiger partial charge on any atom is 0.191 e. The van der Waals surface area contributed by atoms with Gasteiger partial charge in [0.15, 0.2) is 5.96 Å². The molecule has 1 unspecified atom stereocenters. The lowest BCUT2D eigenvalue weighted by Crippen LogP contribution is -2.44. The molecule has 3 rings (SSSR count). The minimum absolute atomic E-state index is 0. The van der Waals surface area contributed by atoms with Gasteiger partial charge in [-0.3, -0.25) is 4.99 Å². The van der Waals surface area contributed by atoms with Gasteiger partial charge in [-0.1, -0.05) is 48.0 Å². The van der Waals surface area contributed by atoms with Gasteiger partial charge in [-0.25, -0.2) is 0 Å². The van der Waals surface area contributed by atoms with Gasteiger partial charge in [0, 0.05) is 38.8 Å². The Labute approximate surface area is 191 Å². The van der Waals surface area contributed by atoms with E-state index in [4.69, 9.17) is 4.74 Å². The van der Waals surface area contributed by atoms with E-state index in [-0.39, 0.29) is 36.0 Å². The SMILES string of the molecule is CN=C(NCc1cccc(-c2cccc(C)c2)c1)NCC1(CCO)CCOC1.I. The summed E-state index contributed by atoms with van der Waals surface area (Å²) < 4.78 is 5.56. The quantitative estimate of drug-likeness (QED) is 0.303. The number of aliphatic imine (C=N–C) groups is 1. The maximum atomic E-state index is 9.37. The summed E-state index contributed by atoms with van der Waals surface area (Å²) in [5.74, 6) is 0.769. The van der Waals surface area contributed by atoms with Gasteiger partial charge >= 0.3 is 0 Å². The van der Waals surface area contributed by atoms with Crippen molar-refractivity contribution in [2.75, 3.05) is 33.4 Å². The van der Waals surface area contributed by atoms with Crippen LogP contribution >= 0.6 is 24.0 Å². The second kappa shape index (κ2) is 11.5. The van der Waals surface area contributed by atoms with Crippen LogP contribution in [0.25, 0.3) is 11.1 Å². The number of hydrogen-bond acceptors (Lipinski definition) is 3. The molecule has 0 amide bonds. The van der Waals surface area contributed by atoms with Crippen molar-refractivity contribution in [2.45, 2.75) is 26.3 Å². The number of rotatable bonds is 7. The Kier molecular flexibility index (Phi) is 9.39. The van der Waals surface area contributed by atoms with Crippen molar-refractivity contribution in [3.8, 4) is 11.1 Å². The van der Waals surface area contributed by atoms with Crippen LogP contribution in [0, 0.1) is 12.3 Å². The smallest absolute Gasteiger partial charge is 0.191 e. The Balaban J connectivity index is 0.00000300. The molecule has 6 heteroatoms. The number of nitrogens with one attached hydrogen (secondary N) is 2. The molecule has 2 aromatic rings. The highest BCUT2D eigenvalue weighted by Crippen LogP contribution is 2.31. The standard InChI is InChI=1S/C23H31N3O2.HI/c1-18-5-3-7-20(13-18)21-8-4-6-19(14-21)15-25-22(24-2)26-16-23(9-11-27)10-12-28-17-23;/h3-8,13-14,27H,9-12,15-17H2,1-2H3,(H2,24,25,26);1H. The molecule has 1 aliphatic heterocycles. The molecule has 1 atom stereocenters. The summed E-state index contributed by atoms with van der Waals surface area (Å²) in [6, 6.07) is 17.1. The second-order valence-electron chi connectivity index (χ2n) is 7.63. The molecule has 0 aliphatic carbocycles. The average Bonchev–Trinajstić information content (AvgIpc) is 3.17. The molecule has 0 radical (unpaired) electrons. The van der Waals surface area contributed by atoms with Crippen molar-refractivity contribution in [3.05, 3.63) is 59.7 Å². The Morgan fingerprint density at radius 3 is 2.55 bits per heavy atom. The lowest BCUT2D eigenvalue weighted by atomic mass is 9.84. The predicted octanol–water partition coefficient (Wildman–Crippen LogP) is 3.73. The third-order valence-corrected chi connectivity index (χ3v) is 5.42. The zero-order valence-corrected chi connectivity index (χ0v) is 19.6. The van der Waals surface area contributed by atoms with Crippen molar-refractivity contribution in [1.82, 2.24) is 10.6 Å². The largest absolute Gasteiger partial charge is 0.396 e. The van der Waals surface area contributed by atoms with E-state index in [2.05, 4.69) is 71.1 Å². The molecule has 29 heavy (non-hydrogen) atoms. The molecular weight excluding hydrogens is 477 g/mol. The molecule has 0 spiro atoms. The monoisotopic (exact) mass is 509 g/mol. The highest BCUT2D eigenvalue weighted by molar-refractivity contribution is 14.0. The summed E-state index contributed by atoms with van der Waals surface area (Å²) in [5, 5.41) is 16.2. The zero-order chi connectivity index (χ0) is 19.8. The Morgan fingerprint density at radius 2 is 1.90 bits per heavy atom. The van der Waals surface area contributed by atoms with Crippen LogP contribution < -0.4 is 10.6 Å². The van der Waals surface area contributed by atoms with Gasteiger partial charge in [-0.05, 0) is 42.5 Å². The molecule has 1 heterocycles. The van der Waals surface area contributed by atoms with Crippen LogP contribution in [0.3, 0.4) is 0 Å². The number of nitrogens with zero attached hydrogens (tertiary/aromatic N) is 1. The highest BCUT2D eigenvalue weighted by Gasteiger charge is 2.34. The van der Waals surface area contributed by atoms with Gasteiger partial charge in [0.2, 0.25) is 0 Å². The molecule has 5 nitrogen and oxygen atoms in total. The summed E-state index contributed by atoms with van der Waals surface area (Å²) in [4.78, 5) is 4.34. The first-order valence-corrected chi connectivity index (χ1v) is 9.93. The number of benzene rings is 2. The minimum Gasteiger partial charge on any atom is -0.396 e. The van der Waals surface area contributed by atoms with E-state index in [1.807, 2.05) is 0 Å². The van der Waals surface area contributed by atoms with Crippen LogP contribution in [0.4, 0.5) is 0 Å². The Hall–Kier alpha value is -1.64. The van der Waals surface area contributed by atoms with Gasteiger partial charge in [0.25, 0.3) is 0 Å². The van der Waals surface area contributed by atoms with Crippen LogP contribution in [0.15, 0.2) is 53.5 Å². The highest BCUT2D eigenvalue weighted by atomic mass is 127. The van der Waals surface area contributed by atoms with Crippen molar-refractivity contribution in [3.63, 3.8) is 0 Å². The van der Waals surface area contributed by atoms with E-state index in [0.717, 1.165) is 32.0 Å². The molecule has 0 bridgehead atoms. The normalized spacial score (nSPS) is 18.9. The van der Waals surface area contributed by atoms with Gasteiger partial charge in [0.1, 0.15) is 0 Å². The number of hydrogen-bond donors (Lipinski definition) is 3. The molecule has 0 saturated carbocycles. The molecule has 1 fully saturated rings. The first-order chi connectivity index (χ1) is 13.6. The second-order valence-corrected chi connectivity index (χ2v) is 7.63. The molecule has 1 aliphatic rings. The van der Waals surface area contributed by atoms with Gasteiger partial charge in [-0.2, -0.15) is 0 Å². The van der Waals surface area contributed by atoms with E-state index in [9.17, 15) is 5.11 Å². The van der Waals surface area contributed by atoms with Crippen LogP contribution in [0.2, 0.25) is 0 Å². The first-order valence-electron chi connectivity index (χ1n) is 9.93. The van der Waals surface area contributed by atoms with Crippen molar-refractivity contribution < 1.29 is 9.84 Å². The summed E-state index contributed by atoms with van der Waals surface area (Å²) >= 11 is 0. The van der Waals surface area contributed by atoms with Gasteiger partial charge in [0.05, 0.1) is 6.61 Å². The third kappa shape index (κ3) is 6.69. The Morgan fingerprint density at radius 1 is 1.14 bits per heavy atom. The number of halogens is 1. The van der Waals surface area contributed by atoms with E-state index >= 15 is 0 Å². The van der Waals surface area contributed by atoms with E-state index in [0.29, 0.717) is 13.2 Å². The molecule has 2 aromatic carbocycles. The number of guanidine groups is 1. The van der Waals surface area contributed by atoms with Crippen LogP contribution in [-0.2, 0) is 11.3 Å². The third-order valence-electron chi connectivity index (χ3n) is 5.42. The van der Waals surface area contributed by atoms with Gasteiger partial charge in [-0.15, -0.1) is 24.0 Å². The lowest BCUT2D eigenvalue weighted by molar-refractivity contribution is 0.127. The fourth-order valence-corrected chi connectivity index (χ4v) is 3.67. The van der Waals surface area contributed by atoms with Crippen LogP contribution in [0.1, 0.15) is 24.0 Å². The van der Waals surface area contributed by atoms with Crippen molar-refractivity contribution in [1.29, 1.82) is 0 Å². The van der Waals surface area contributed by atoms with E-state index in [1.165, 1.54) is 22.3 Å². The van der Waals surface area contributed by atoms with Crippen LogP contribution in [-0.4, -0.2) is 44.5 Å². The summed E-state index contributed by atoms with van der Waals surface area (Å²) in [6.07, 6.45) is 1.71.